The van der Waals surface area contributed by atoms with Crippen LogP contribution in [0.1, 0.15) is 23.2 Å². The minimum Gasteiger partial charge on any atom is -0.506 e. The van der Waals surface area contributed by atoms with Crippen LogP contribution in [0.2, 0.25) is 0 Å². The third-order valence-electron chi connectivity index (χ3n) is 4.01. The quantitative estimate of drug-likeness (QED) is 0.908. The molecule has 2 aromatic rings. The molecule has 1 saturated heterocycles. The molecule has 0 aliphatic carbocycles. The predicted molar refractivity (Wildman–Crippen MR) is 81.5 cm³/mol. The van der Waals surface area contributed by atoms with Gasteiger partial charge < -0.3 is 15.2 Å². The molecule has 0 bridgehead atoms. The number of fused-ring (bicyclic) bond motifs is 1. The normalized spacial score (nSPS) is 18.0. The van der Waals surface area contributed by atoms with Gasteiger partial charge in [0, 0.05) is 25.1 Å². The number of carbonyl (C=O) groups is 1. The van der Waals surface area contributed by atoms with Crippen LogP contribution >= 0.6 is 0 Å². The summed E-state index contributed by atoms with van der Waals surface area (Å²) in [6.07, 6.45) is 1.98. The van der Waals surface area contributed by atoms with Gasteiger partial charge in [0.15, 0.2) is 0 Å². The lowest BCUT2D eigenvalue weighted by molar-refractivity contribution is 0.0948. The number of carbonyl (C=O) groups excluding carboxylic acids is 1. The maximum absolute atomic E-state index is 12.2. The van der Waals surface area contributed by atoms with E-state index in [1.165, 1.54) is 0 Å². The molecule has 110 valence electrons. The lowest BCUT2D eigenvalue weighted by Crippen LogP contribution is -2.26. The summed E-state index contributed by atoms with van der Waals surface area (Å²) in [5.41, 5.74) is 0.330. The van der Waals surface area contributed by atoms with Crippen molar-refractivity contribution in [1.29, 1.82) is 0 Å². The minimum absolute atomic E-state index is 0.0507. The highest BCUT2D eigenvalue weighted by Crippen LogP contribution is 2.28. The van der Waals surface area contributed by atoms with Crippen LogP contribution in [0.15, 0.2) is 36.4 Å². The highest BCUT2D eigenvalue weighted by atomic mass is 16.5. The maximum Gasteiger partial charge on any atom is 0.255 e. The molecular formula is C17H19NO3. The number of amides is 1. The number of ether oxygens (including phenoxy) is 1. The smallest absolute Gasteiger partial charge is 0.255 e. The first kappa shape index (κ1) is 13.9. The second-order valence-corrected chi connectivity index (χ2v) is 5.46. The largest absolute Gasteiger partial charge is 0.506 e. The topological polar surface area (TPSA) is 58.6 Å². The molecule has 1 amide bonds. The number of hydrogen-bond acceptors (Lipinski definition) is 3. The van der Waals surface area contributed by atoms with Gasteiger partial charge in [-0.2, -0.15) is 0 Å². The van der Waals surface area contributed by atoms with Gasteiger partial charge in [-0.1, -0.05) is 30.3 Å². The Bertz CT molecular complexity index is 648. The molecule has 21 heavy (non-hydrogen) atoms. The third kappa shape index (κ3) is 3.00. The van der Waals surface area contributed by atoms with Gasteiger partial charge in [-0.05, 0) is 30.2 Å². The standard InChI is InChI=1S/C17H19NO3/c19-16-14-4-2-1-3-13(14)5-6-15(16)17(20)18-9-7-12-8-10-21-11-12/h1-6,12,19H,7-11H2,(H,18,20). The summed E-state index contributed by atoms with van der Waals surface area (Å²) in [5, 5.41) is 14.8. The third-order valence-corrected chi connectivity index (χ3v) is 4.01. The molecule has 1 aliphatic heterocycles. The second-order valence-electron chi connectivity index (χ2n) is 5.46. The Balaban J connectivity index is 1.68. The van der Waals surface area contributed by atoms with Crippen LogP contribution in [-0.2, 0) is 4.74 Å². The molecule has 3 rings (SSSR count). The fourth-order valence-corrected chi connectivity index (χ4v) is 2.73. The van der Waals surface area contributed by atoms with Gasteiger partial charge in [-0.25, -0.2) is 0 Å². The lowest BCUT2D eigenvalue weighted by atomic mass is 10.0. The number of nitrogens with one attached hydrogen (secondary N) is 1. The monoisotopic (exact) mass is 285 g/mol. The molecule has 1 fully saturated rings. The minimum atomic E-state index is -0.225. The van der Waals surface area contributed by atoms with Gasteiger partial charge >= 0.3 is 0 Å². The molecule has 2 aromatic carbocycles. The van der Waals surface area contributed by atoms with Crippen molar-refractivity contribution < 1.29 is 14.6 Å². The second kappa shape index (κ2) is 6.14. The van der Waals surface area contributed by atoms with Crippen molar-refractivity contribution >= 4 is 16.7 Å². The fraction of sp³-hybridized carbons (Fsp3) is 0.353. The van der Waals surface area contributed by atoms with Gasteiger partial charge in [0.25, 0.3) is 5.91 Å². The molecule has 2 N–H and O–H groups in total. The van der Waals surface area contributed by atoms with Gasteiger partial charge in [0.05, 0.1) is 5.56 Å². The van der Waals surface area contributed by atoms with E-state index in [-0.39, 0.29) is 11.7 Å². The summed E-state index contributed by atoms with van der Waals surface area (Å²) in [6.45, 7) is 2.22. The van der Waals surface area contributed by atoms with E-state index in [9.17, 15) is 9.90 Å². The molecule has 0 spiro atoms. The number of aromatic hydroxyl groups is 1. The molecule has 4 nitrogen and oxygen atoms in total. The van der Waals surface area contributed by atoms with E-state index in [1.807, 2.05) is 30.3 Å². The maximum atomic E-state index is 12.2. The first-order valence-corrected chi connectivity index (χ1v) is 7.32. The average molecular weight is 285 g/mol. The fourth-order valence-electron chi connectivity index (χ4n) is 2.73. The molecule has 1 unspecified atom stereocenters. The summed E-state index contributed by atoms with van der Waals surface area (Å²) >= 11 is 0. The zero-order valence-corrected chi connectivity index (χ0v) is 11.8. The van der Waals surface area contributed by atoms with Crippen molar-refractivity contribution in [2.24, 2.45) is 5.92 Å². The summed E-state index contributed by atoms with van der Waals surface area (Å²) in [4.78, 5) is 12.2. The van der Waals surface area contributed by atoms with E-state index in [4.69, 9.17) is 4.74 Å². The molecule has 0 saturated carbocycles. The molecule has 0 radical (unpaired) electrons. The SMILES string of the molecule is O=C(NCCC1CCOC1)c1ccc2ccccc2c1O. The van der Waals surface area contributed by atoms with Gasteiger partial charge in [-0.15, -0.1) is 0 Å². The molecular weight excluding hydrogens is 266 g/mol. The van der Waals surface area contributed by atoms with Gasteiger partial charge in [0.2, 0.25) is 0 Å². The van der Waals surface area contributed by atoms with Crippen LogP contribution < -0.4 is 5.32 Å². The molecule has 1 atom stereocenters. The molecule has 1 heterocycles. The van der Waals surface area contributed by atoms with Gasteiger partial charge in [0.1, 0.15) is 5.75 Å². The Morgan fingerprint density at radius 1 is 1.29 bits per heavy atom. The molecule has 4 heteroatoms. The average Bonchev–Trinajstić information content (AvgIpc) is 3.01. The zero-order chi connectivity index (χ0) is 14.7. The number of rotatable bonds is 4. The Hall–Kier alpha value is -2.07. The highest BCUT2D eigenvalue weighted by Gasteiger charge is 2.17. The van der Waals surface area contributed by atoms with E-state index in [0.717, 1.165) is 31.4 Å². The van der Waals surface area contributed by atoms with E-state index < -0.39 is 0 Å². The van der Waals surface area contributed by atoms with Crippen LogP contribution in [0.4, 0.5) is 0 Å². The van der Waals surface area contributed by atoms with Crippen molar-refractivity contribution in [3.8, 4) is 5.75 Å². The van der Waals surface area contributed by atoms with Crippen LogP contribution in [0.25, 0.3) is 10.8 Å². The van der Waals surface area contributed by atoms with Crippen molar-refractivity contribution in [3.63, 3.8) is 0 Å². The van der Waals surface area contributed by atoms with Crippen LogP contribution in [-0.4, -0.2) is 30.8 Å². The first-order chi connectivity index (χ1) is 10.3. The number of benzene rings is 2. The number of phenolic OH excluding ortho intramolecular Hbond substituents is 1. The molecule has 1 aliphatic rings. The predicted octanol–water partition coefficient (Wildman–Crippen LogP) is 2.70. The Morgan fingerprint density at radius 3 is 2.95 bits per heavy atom. The summed E-state index contributed by atoms with van der Waals surface area (Å²) < 4.78 is 5.31. The van der Waals surface area contributed by atoms with Gasteiger partial charge in [-0.3, -0.25) is 4.79 Å². The summed E-state index contributed by atoms with van der Waals surface area (Å²) in [7, 11) is 0. The highest BCUT2D eigenvalue weighted by molar-refractivity contribution is 6.03. The summed E-state index contributed by atoms with van der Waals surface area (Å²) in [6, 6.07) is 11.0. The summed E-state index contributed by atoms with van der Waals surface area (Å²) in [5.74, 6) is 0.363. The Morgan fingerprint density at radius 2 is 2.14 bits per heavy atom. The number of hydrogen-bond donors (Lipinski definition) is 2. The van der Waals surface area contributed by atoms with E-state index in [2.05, 4.69) is 5.32 Å². The van der Waals surface area contributed by atoms with Crippen molar-refractivity contribution in [1.82, 2.24) is 5.32 Å². The van der Waals surface area contributed by atoms with Crippen LogP contribution in [0.5, 0.6) is 5.75 Å². The van der Waals surface area contributed by atoms with E-state index >= 15 is 0 Å². The Labute approximate surface area is 123 Å². The lowest BCUT2D eigenvalue weighted by Gasteiger charge is -2.11. The zero-order valence-electron chi connectivity index (χ0n) is 11.8. The van der Waals surface area contributed by atoms with E-state index in [0.29, 0.717) is 23.4 Å². The first-order valence-electron chi connectivity index (χ1n) is 7.32. The van der Waals surface area contributed by atoms with Crippen molar-refractivity contribution in [2.45, 2.75) is 12.8 Å². The molecule has 0 aromatic heterocycles. The van der Waals surface area contributed by atoms with Crippen molar-refractivity contribution in [3.05, 3.63) is 42.0 Å². The van der Waals surface area contributed by atoms with Crippen LogP contribution in [0, 0.1) is 5.92 Å². The van der Waals surface area contributed by atoms with E-state index in [1.54, 1.807) is 6.07 Å². The van der Waals surface area contributed by atoms with Crippen LogP contribution in [0.3, 0.4) is 0 Å². The van der Waals surface area contributed by atoms with Crippen molar-refractivity contribution in [2.75, 3.05) is 19.8 Å². The number of phenols is 1. The Kier molecular flexibility index (Phi) is 4.06.